The van der Waals surface area contributed by atoms with Crippen LogP contribution < -0.4 is 14.9 Å². The first-order valence-corrected chi connectivity index (χ1v) is 10.1. The number of nitrogens with one attached hydrogen (secondary N) is 1. The van der Waals surface area contributed by atoms with Gasteiger partial charge in [-0.25, -0.2) is 5.43 Å². The van der Waals surface area contributed by atoms with E-state index in [1.54, 1.807) is 31.2 Å². The minimum atomic E-state index is -6.47. The predicted octanol–water partition coefficient (Wildman–Crippen LogP) is 6.76. The molecule has 2 aromatic carbocycles. The fraction of sp³-hybridized carbons (Fsp3) is 0.318. The zero-order valence-corrected chi connectivity index (χ0v) is 18.5. The molecule has 0 saturated carbocycles. The van der Waals surface area contributed by atoms with Crippen LogP contribution in [-0.4, -0.2) is 31.0 Å². The summed E-state index contributed by atoms with van der Waals surface area (Å²) in [6.45, 7) is 5.55. The summed E-state index contributed by atoms with van der Waals surface area (Å²) in [5, 5.41) is 3.36. The molecule has 0 bridgehead atoms. The second-order valence-corrected chi connectivity index (χ2v) is 7.24. The molecule has 12 heteroatoms. The van der Waals surface area contributed by atoms with Gasteiger partial charge in [0.25, 0.3) is 0 Å². The Labute approximate surface area is 196 Å². The third kappa shape index (κ3) is 6.34. The molecule has 0 aliphatic carbocycles. The van der Waals surface area contributed by atoms with Gasteiger partial charge in [-0.3, -0.25) is 0 Å². The molecule has 0 unspecified atom stereocenters. The molecule has 0 spiro atoms. The summed E-state index contributed by atoms with van der Waals surface area (Å²) in [4.78, 5) is 0. The molecule has 0 amide bonds. The van der Waals surface area contributed by atoms with Gasteiger partial charge in [0.15, 0.2) is 11.5 Å². The second-order valence-electron chi connectivity index (χ2n) is 6.83. The van der Waals surface area contributed by atoms with Gasteiger partial charge in [-0.15, -0.1) is 6.58 Å². The zero-order valence-electron chi connectivity index (χ0n) is 17.7. The average Bonchev–Trinajstić information content (AvgIpc) is 2.73. The van der Waals surface area contributed by atoms with Gasteiger partial charge in [0.1, 0.15) is 6.61 Å². The molecule has 0 aromatic heterocycles. The van der Waals surface area contributed by atoms with Crippen LogP contribution >= 0.6 is 11.6 Å². The van der Waals surface area contributed by atoms with Crippen molar-refractivity contribution in [3.63, 3.8) is 0 Å². The number of rotatable bonds is 11. The van der Waals surface area contributed by atoms with E-state index < -0.39 is 18.1 Å². The molecule has 2 rings (SSSR count). The second kappa shape index (κ2) is 11.0. The number of ether oxygens (including phenoxy) is 2. The van der Waals surface area contributed by atoms with Gasteiger partial charge in [-0.05, 0) is 37.1 Å². The monoisotopic (exact) mass is 512 g/mol. The number of nitrogens with zero attached hydrogens (tertiary/aromatic N) is 1. The molecule has 34 heavy (non-hydrogen) atoms. The molecular formula is C22H20ClF7N2O2. The van der Waals surface area contributed by atoms with E-state index in [4.69, 9.17) is 21.1 Å². The molecule has 2 aromatic rings. The van der Waals surface area contributed by atoms with Crippen molar-refractivity contribution < 1.29 is 40.2 Å². The molecule has 1 N–H and O–H groups in total. The minimum Gasteiger partial charge on any atom is -0.490 e. The molecule has 0 atom stereocenters. The standard InChI is InChI=1S/C22H20ClF7N2O2/c1-3-7-15-10-14(12-31-32-22(29,30)20(24,25)21(26,27)28)11-18(33-4-2)19(15)34-13-16-8-5-6-9-17(16)23/h3,5-6,8-12,32H,1,4,7,13H2,2H3/b31-12+. The van der Waals surface area contributed by atoms with E-state index in [0.29, 0.717) is 33.5 Å². The van der Waals surface area contributed by atoms with Crippen LogP contribution in [0.4, 0.5) is 30.7 Å². The summed E-state index contributed by atoms with van der Waals surface area (Å²) in [5.74, 6) is -5.87. The van der Waals surface area contributed by atoms with Crippen LogP contribution in [0.1, 0.15) is 23.6 Å². The van der Waals surface area contributed by atoms with Gasteiger partial charge in [0.05, 0.1) is 12.8 Å². The molecule has 0 aliphatic rings. The van der Waals surface area contributed by atoms with Crippen LogP contribution in [0.3, 0.4) is 0 Å². The Kier molecular flexibility index (Phi) is 8.82. The number of benzene rings is 2. The minimum absolute atomic E-state index is 0.0671. The van der Waals surface area contributed by atoms with E-state index in [9.17, 15) is 30.7 Å². The van der Waals surface area contributed by atoms with Crippen LogP contribution in [0.2, 0.25) is 5.02 Å². The van der Waals surface area contributed by atoms with Gasteiger partial charge in [0.2, 0.25) is 0 Å². The first-order valence-electron chi connectivity index (χ1n) is 9.73. The summed E-state index contributed by atoms with van der Waals surface area (Å²) in [6.07, 6.45) is -4.06. The maximum atomic E-state index is 13.4. The van der Waals surface area contributed by atoms with E-state index in [1.807, 2.05) is 0 Å². The molecule has 186 valence electrons. The van der Waals surface area contributed by atoms with Crippen LogP contribution in [0.15, 0.2) is 54.2 Å². The zero-order chi connectivity index (χ0) is 25.6. The fourth-order valence-electron chi connectivity index (χ4n) is 2.69. The average molecular weight is 513 g/mol. The SMILES string of the molecule is C=CCc1cc(/C=N/NC(F)(F)C(F)(F)C(F)(F)F)cc(OCC)c1OCc1ccccc1Cl. The normalized spacial score (nSPS) is 12.6. The van der Waals surface area contributed by atoms with Crippen LogP contribution in [0, 0.1) is 0 Å². The number of hydrogen-bond donors (Lipinski definition) is 1. The van der Waals surface area contributed by atoms with Crippen LogP contribution in [0.25, 0.3) is 0 Å². The lowest BCUT2D eigenvalue weighted by Gasteiger charge is -2.27. The summed E-state index contributed by atoms with van der Waals surface area (Å²) in [7, 11) is 0. The van der Waals surface area contributed by atoms with Gasteiger partial charge < -0.3 is 9.47 Å². The van der Waals surface area contributed by atoms with Crippen molar-refractivity contribution in [3.05, 3.63) is 70.8 Å². The fourth-order valence-corrected chi connectivity index (χ4v) is 2.88. The van der Waals surface area contributed by atoms with E-state index in [2.05, 4.69) is 11.7 Å². The van der Waals surface area contributed by atoms with Gasteiger partial charge >= 0.3 is 18.1 Å². The quantitative estimate of drug-likeness (QED) is 0.119. The van der Waals surface area contributed by atoms with Crippen molar-refractivity contribution in [1.29, 1.82) is 0 Å². The lowest BCUT2D eigenvalue weighted by molar-refractivity contribution is -0.361. The number of hydrogen-bond acceptors (Lipinski definition) is 4. The van der Waals surface area contributed by atoms with Crippen molar-refractivity contribution in [2.75, 3.05) is 6.61 Å². The molecule has 0 saturated heterocycles. The predicted molar refractivity (Wildman–Crippen MR) is 114 cm³/mol. The molecule has 4 nitrogen and oxygen atoms in total. The third-order valence-corrected chi connectivity index (χ3v) is 4.69. The summed E-state index contributed by atoms with van der Waals surface area (Å²) in [5.41, 5.74) is 1.81. The van der Waals surface area contributed by atoms with Crippen LogP contribution in [0.5, 0.6) is 11.5 Å². The third-order valence-electron chi connectivity index (χ3n) is 4.32. The Morgan fingerprint density at radius 3 is 2.29 bits per heavy atom. The molecule has 0 radical (unpaired) electrons. The van der Waals surface area contributed by atoms with Crippen molar-refractivity contribution in [2.45, 2.75) is 38.1 Å². The summed E-state index contributed by atoms with van der Waals surface area (Å²) >= 11 is 6.13. The van der Waals surface area contributed by atoms with Crippen molar-refractivity contribution >= 4 is 17.8 Å². The Bertz CT molecular complexity index is 1030. The Morgan fingerprint density at radius 2 is 1.71 bits per heavy atom. The van der Waals surface area contributed by atoms with E-state index in [0.717, 1.165) is 0 Å². The topological polar surface area (TPSA) is 42.9 Å². The van der Waals surface area contributed by atoms with Gasteiger partial charge in [-0.2, -0.15) is 35.8 Å². The lowest BCUT2D eigenvalue weighted by atomic mass is 10.1. The first-order chi connectivity index (χ1) is 15.8. The van der Waals surface area contributed by atoms with E-state index >= 15 is 0 Å². The van der Waals surface area contributed by atoms with Gasteiger partial charge in [-0.1, -0.05) is 35.9 Å². The molecule has 0 aliphatic heterocycles. The highest BCUT2D eigenvalue weighted by Crippen LogP contribution is 2.45. The summed E-state index contributed by atoms with van der Waals surface area (Å²) < 4.78 is 101. The highest BCUT2D eigenvalue weighted by atomic mass is 35.5. The van der Waals surface area contributed by atoms with Gasteiger partial charge in [0, 0.05) is 16.1 Å². The highest BCUT2D eigenvalue weighted by Gasteiger charge is 2.73. The first kappa shape index (κ1) is 27.3. The smallest absolute Gasteiger partial charge is 0.462 e. The van der Waals surface area contributed by atoms with Crippen molar-refractivity contribution in [1.82, 2.24) is 5.43 Å². The molecular weight excluding hydrogens is 493 g/mol. The Morgan fingerprint density at radius 1 is 1.03 bits per heavy atom. The molecule has 0 fully saturated rings. The van der Waals surface area contributed by atoms with E-state index in [1.165, 1.54) is 18.2 Å². The molecule has 0 heterocycles. The van der Waals surface area contributed by atoms with Crippen LogP contribution in [-0.2, 0) is 13.0 Å². The maximum Gasteiger partial charge on any atom is 0.462 e. The number of alkyl halides is 7. The lowest BCUT2D eigenvalue weighted by Crippen LogP contribution is -2.58. The number of halogens is 8. The Hall–Kier alpha value is -2.95. The largest absolute Gasteiger partial charge is 0.490 e. The van der Waals surface area contributed by atoms with Crippen molar-refractivity contribution in [3.8, 4) is 11.5 Å². The number of hydrazone groups is 1. The maximum absolute atomic E-state index is 13.4. The number of allylic oxidation sites excluding steroid dienone is 1. The summed E-state index contributed by atoms with van der Waals surface area (Å²) in [6, 6.07) is 3.99. The Balaban J connectivity index is 2.33. The highest BCUT2D eigenvalue weighted by molar-refractivity contribution is 6.31. The van der Waals surface area contributed by atoms with Crippen molar-refractivity contribution in [2.24, 2.45) is 5.10 Å². The van der Waals surface area contributed by atoms with E-state index in [-0.39, 0.29) is 30.9 Å².